The maximum absolute atomic E-state index is 5.84. The minimum Gasteiger partial charge on any atom is -0.126 e. The number of hydrogen-bond donors (Lipinski definition) is 0. The van der Waals surface area contributed by atoms with Gasteiger partial charge in [0.25, 0.3) is 0 Å². The Hall–Kier alpha value is 1.39. The van der Waals surface area contributed by atoms with Gasteiger partial charge in [-0.15, -0.1) is 66.5 Å². The Kier molecular flexibility index (Phi) is 5.16. The summed E-state index contributed by atoms with van der Waals surface area (Å²) in [4.78, 5) is 0. The Morgan fingerprint density at radius 1 is 0.800 bits per heavy atom. The second kappa shape index (κ2) is 5.36. The molecule has 1 aromatic rings. The van der Waals surface area contributed by atoms with Crippen LogP contribution in [0.1, 0.15) is 5.56 Å². The Morgan fingerprint density at radius 2 is 1.27 bits per heavy atom. The van der Waals surface area contributed by atoms with Crippen LogP contribution in [0.4, 0.5) is 0 Å². The molecule has 1 aromatic carbocycles. The summed E-state index contributed by atoms with van der Waals surface area (Å²) in [7, 11) is 0. The van der Waals surface area contributed by atoms with E-state index < -0.39 is 12.0 Å². The summed E-state index contributed by atoms with van der Waals surface area (Å²) in [5, 5.41) is 0.738. The highest BCUT2D eigenvalue weighted by atomic mass is 35.8. The van der Waals surface area contributed by atoms with E-state index in [1.54, 1.807) is 12.1 Å². The lowest BCUT2D eigenvalue weighted by Crippen LogP contribution is -2.30. The minimum absolute atomic E-state index is 0.472. The molecule has 0 aromatic heterocycles. The third-order valence-corrected chi connectivity index (χ3v) is 6.65. The van der Waals surface area contributed by atoms with Crippen LogP contribution < -0.4 is 5.19 Å². The first-order valence-electron chi connectivity index (χ1n) is 3.91. The summed E-state index contributed by atoms with van der Waals surface area (Å²) in [6.07, 6.45) is 0. The van der Waals surface area contributed by atoms with Gasteiger partial charge in [-0.25, -0.2) is 0 Å². The van der Waals surface area contributed by atoms with Gasteiger partial charge in [-0.1, -0.05) is 24.3 Å². The molecule has 0 saturated heterocycles. The highest BCUT2D eigenvalue weighted by Gasteiger charge is 2.29. The van der Waals surface area contributed by atoms with E-state index in [1.807, 2.05) is 12.1 Å². The van der Waals surface area contributed by atoms with Gasteiger partial charge in [0, 0.05) is 6.04 Å². The van der Waals surface area contributed by atoms with E-state index in [9.17, 15) is 0 Å². The molecule has 0 spiro atoms. The Labute approximate surface area is 119 Å². The molecule has 0 heterocycles. The zero-order chi connectivity index (χ0) is 11.7. The summed E-state index contributed by atoms with van der Waals surface area (Å²) >= 11 is 34.9. The van der Waals surface area contributed by atoms with Crippen molar-refractivity contribution in [2.24, 2.45) is 0 Å². The monoisotopic (exact) mass is 356 g/mol. The molecule has 0 aliphatic heterocycles. The molecule has 0 bridgehead atoms. The first kappa shape index (κ1) is 14.5. The van der Waals surface area contributed by atoms with Gasteiger partial charge >= 0.3 is 12.0 Å². The lowest BCUT2D eigenvalue weighted by Gasteiger charge is -2.11. The number of benzene rings is 1. The average molecular weight is 359 g/mol. The molecule has 0 aliphatic rings. The lowest BCUT2D eigenvalue weighted by molar-refractivity contribution is 1.39. The maximum atomic E-state index is 5.84. The van der Waals surface area contributed by atoms with E-state index in [1.165, 1.54) is 0 Å². The van der Waals surface area contributed by atoms with Gasteiger partial charge in [0.1, 0.15) is 0 Å². The molecule has 0 radical (unpaired) electrons. The predicted molar refractivity (Wildman–Crippen MR) is 76.4 cm³/mol. The zero-order valence-electron chi connectivity index (χ0n) is 7.28. The van der Waals surface area contributed by atoms with Crippen LogP contribution in [0, 0.1) is 0 Å². The molecule has 0 aliphatic carbocycles. The fourth-order valence-electron chi connectivity index (χ4n) is 1.04. The smallest absolute Gasteiger partial charge is 0.126 e. The predicted octanol–water partition coefficient (Wildman–Crippen LogP) is 4.29. The van der Waals surface area contributed by atoms with E-state index >= 15 is 0 Å². The molecule has 1 rings (SSSR count). The summed E-state index contributed by atoms with van der Waals surface area (Å²) in [6.45, 7) is 0. The molecule has 0 N–H and O–H groups in total. The van der Waals surface area contributed by atoms with E-state index in [0.717, 1.165) is 10.8 Å². The minimum atomic E-state index is -2.79. The van der Waals surface area contributed by atoms with Crippen molar-refractivity contribution in [1.29, 1.82) is 0 Å². The average Bonchev–Trinajstić information content (AvgIpc) is 2.00. The standard InChI is InChI=1S/C7H6Cl6Si2/c8-14(9,10)5-6-1-3-7(4-2-6)15(11,12)13/h1-4H,5H2. The summed E-state index contributed by atoms with van der Waals surface area (Å²) in [5.74, 6) is 0. The largest absolute Gasteiger partial charge is 0.372 e. The second-order valence-corrected chi connectivity index (χ2v) is 20.5. The molecular weight excluding hydrogens is 353 g/mol. The molecule has 0 unspecified atom stereocenters. The SMILES string of the molecule is Cl[Si](Cl)(Cl)Cc1ccc([Si](Cl)(Cl)Cl)cc1. The quantitative estimate of drug-likeness (QED) is 0.558. The van der Waals surface area contributed by atoms with Crippen molar-refractivity contribution in [3.05, 3.63) is 29.8 Å². The first-order valence-corrected chi connectivity index (χ1v) is 14.2. The van der Waals surface area contributed by atoms with Crippen molar-refractivity contribution in [2.75, 3.05) is 0 Å². The van der Waals surface area contributed by atoms with Crippen molar-refractivity contribution < 1.29 is 0 Å². The van der Waals surface area contributed by atoms with Crippen LogP contribution in [0.5, 0.6) is 0 Å². The van der Waals surface area contributed by atoms with Crippen LogP contribution in [-0.2, 0) is 6.04 Å². The molecule has 0 fully saturated rings. The number of rotatable bonds is 3. The number of halogens is 6. The van der Waals surface area contributed by atoms with Crippen LogP contribution in [0.25, 0.3) is 0 Å². The summed E-state index contributed by atoms with van der Waals surface area (Å²) in [5.41, 5.74) is 0.952. The molecule has 8 heteroatoms. The van der Waals surface area contributed by atoms with E-state index in [-0.39, 0.29) is 0 Å². The molecule has 0 nitrogen and oxygen atoms in total. The van der Waals surface area contributed by atoms with Gasteiger partial charge in [-0.2, -0.15) is 0 Å². The van der Waals surface area contributed by atoms with Crippen LogP contribution in [0.2, 0.25) is 0 Å². The molecule has 0 amide bonds. The van der Waals surface area contributed by atoms with E-state index in [0.29, 0.717) is 6.04 Å². The van der Waals surface area contributed by atoms with Gasteiger partial charge in [0.05, 0.1) is 0 Å². The highest BCUT2D eigenvalue weighted by Crippen LogP contribution is 2.25. The van der Waals surface area contributed by atoms with Gasteiger partial charge in [0.15, 0.2) is 0 Å². The Balaban J connectivity index is 2.82. The zero-order valence-corrected chi connectivity index (χ0v) is 13.8. The van der Waals surface area contributed by atoms with Crippen molar-refractivity contribution in [1.82, 2.24) is 0 Å². The fraction of sp³-hybridized carbons (Fsp3) is 0.143. The number of hydrogen-bond acceptors (Lipinski definition) is 0. The Bertz CT molecular complexity index is 325. The molecule has 0 atom stereocenters. The highest BCUT2D eigenvalue weighted by molar-refractivity contribution is 7.69. The van der Waals surface area contributed by atoms with Crippen molar-refractivity contribution >= 4 is 83.7 Å². The summed E-state index contributed by atoms with van der Waals surface area (Å²) < 4.78 is 0. The first-order chi connectivity index (χ1) is 6.68. The van der Waals surface area contributed by atoms with Gasteiger partial charge < -0.3 is 0 Å². The Morgan fingerprint density at radius 3 is 1.60 bits per heavy atom. The molecule has 0 saturated carbocycles. The van der Waals surface area contributed by atoms with Crippen molar-refractivity contribution in [3.8, 4) is 0 Å². The normalized spacial score (nSPS) is 12.9. The second-order valence-electron chi connectivity index (χ2n) is 2.99. The van der Waals surface area contributed by atoms with Gasteiger partial charge in [-0.3, -0.25) is 0 Å². The van der Waals surface area contributed by atoms with E-state index in [4.69, 9.17) is 66.5 Å². The third kappa shape index (κ3) is 5.51. The van der Waals surface area contributed by atoms with Crippen LogP contribution in [0.3, 0.4) is 0 Å². The topological polar surface area (TPSA) is 0 Å². The lowest BCUT2D eigenvalue weighted by atomic mass is 10.2. The molecular formula is C7H6Cl6Si2. The van der Waals surface area contributed by atoms with E-state index in [2.05, 4.69) is 0 Å². The van der Waals surface area contributed by atoms with Gasteiger partial charge in [-0.05, 0) is 10.8 Å². The van der Waals surface area contributed by atoms with Crippen LogP contribution in [-0.4, -0.2) is 12.0 Å². The maximum Gasteiger partial charge on any atom is 0.372 e. The van der Waals surface area contributed by atoms with Crippen LogP contribution >= 0.6 is 66.5 Å². The molecule has 84 valence electrons. The van der Waals surface area contributed by atoms with Crippen molar-refractivity contribution in [3.63, 3.8) is 0 Å². The van der Waals surface area contributed by atoms with Gasteiger partial charge in [0.2, 0.25) is 0 Å². The molecule has 15 heavy (non-hydrogen) atoms. The third-order valence-electron chi connectivity index (χ3n) is 1.69. The summed E-state index contributed by atoms with van der Waals surface area (Å²) in [6, 6.07) is 2.27. The van der Waals surface area contributed by atoms with Crippen LogP contribution in [0.15, 0.2) is 24.3 Å². The fourth-order valence-corrected chi connectivity index (χ4v) is 4.81. The van der Waals surface area contributed by atoms with Crippen molar-refractivity contribution in [2.45, 2.75) is 6.04 Å².